The number of tetrazole rings is 1. The van der Waals surface area contributed by atoms with Crippen LogP contribution in [0.25, 0.3) is 0 Å². The number of amides is 1. The van der Waals surface area contributed by atoms with Gasteiger partial charge < -0.3 is 5.32 Å². The zero-order valence-electron chi connectivity index (χ0n) is 7.89. The number of nitrogens with zero attached hydrogens (tertiary/aromatic N) is 4. The van der Waals surface area contributed by atoms with Gasteiger partial charge in [0.2, 0.25) is 0 Å². The summed E-state index contributed by atoms with van der Waals surface area (Å²) in [5, 5.41) is 18.1. The number of aromatic amines is 1. The Hall–Kier alpha value is -1.83. The van der Waals surface area contributed by atoms with Crippen LogP contribution in [0, 0.1) is 6.92 Å². The van der Waals surface area contributed by atoms with E-state index in [1.54, 1.807) is 11.3 Å². The van der Waals surface area contributed by atoms with Crippen LogP contribution in [0.4, 0.5) is 0 Å². The Morgan fingerprint density at radius 2 is 2.53 bits per heavy atom. The first-order chi connectivity index (χ1) is 7.25. The van der Waals surface area contributed by atoms with Crippen LogP contribution in [0.1, 0.15) is 21.3 Å². The molecule has 15 heavy (non-hydrogen) atoms. The number of nitrogens with one attached hydrogen (secondary N) is 2. The van der Waals surface area contributed by atoms with Crippen molar-refractivity contribution in [2.75, 3.05) is 0 Å². The molecule has 0 aliphatic heterocycles. The molecule has 7 nitrogen and oxygen atoms in total. The third kappa shape index (κ3) is 2.34. The fraction of sp³-hybridized carbons (Fsp3) is 0.286. The van der Waals surface area contributed by atoms with Crippen molar-refractivity contribution in [2.45, 2.75) is 13.5 Å². The molecule has 2 aromatic rings. The van der Waals surface area contributed by atoms with Crippen LogP contribution < -0.4 is 5.32 Å². The summed E-state index contributed by atoms with van der Waals surface area (Å²) in [6.07, 6.45) is 0. The molecule has 0 saturated heterocycles. The predicted octanol–water partition coefficient (Wildman–Crippen LogP) is -0.105. The van der Waals surface area contributed by atoms with Gasteiger partial charge in [0.25, 0.3) is 11.7 Å². The van der Waals surface area contributed by atoms with Gasteiger partial charge in [0, 0.05) is 5.38 Å². The topological polar surface area (TPSA) is 96.5 Å². The Labute approximate surface area is 88.9 Å². The normalized spacial score (nSPS) is 10.2. The molecule has 2 rings (SSSR count). The molecular formula is C7H8N6OS. The second-order valence-corrected chi connectivity index (χ2v) is 3.84. The lowest BCUT2D eigenvalue weighted by Gasteiger charge is -1.97. The van der Waals surface area contributed by atoms with E-state index < -0.39 is 0 Å². The van der Waals surface area contributed by atoms with E-state index in [2.05, 4.69) is 30.9 Å². The molecule has 1 amide bonds. The molecule has 0 aliphatic rings. The van der Waals surface area contributed by atoms with Gasteiger partial charge in [-0.1, -0.05) is 0 Å². The van der Waals surface area contributed by atoms with Crippen LogP contribution in [0.5, 0.6) is 0 Å². The van der Waals surface area contributed by atoms with E-state index in [0.717, 1.165) is 10.7 Å². The Kier molecular flexibility index (Phi) is 2.68. The number of aromatic nitrogens is 5. The van der Waals surface area contributed by atoms with Crippen molar-refractivity contribution >= 4 is 17.2 Å². The smallest absolute Gasteiger partial charge is 0.293 e. The summed E-state index contributed by atoms with van der Waals surface area (Å²) in [7, 11) is 0. The van der Waals surface area contributed by atoms with Crippen LogP contribution in [-0.4, -0.2) is 31.5 Å². The van der Waals surface area contributed by atoms with Gasteiger partial charge in [-0.2, -0.15) is 5.21 Å². The summed E-state index contributed by atoms with van der Waals surface area (Å²) in [6, 6.07) is 0. The number of rotatable bonds is 3. The minimum absolute atomic E-state index is 0.0296. The molecule has 2 heterocycles. The van der Waals surface area contributed by atoms with Gasteiger partial charge in [0.05, 0.1) is 17.2 Å². The molecule has 0 radical (unpaired) electrons. The minimum Gasteiger partial charge on any atom is -0.344 e. The van der Waals surface area contributed by atoms with Crippen LogP contribution in [0.2, 0.25) is 0 Å². The van der Waals surface area contributed by atoms with E-state index >= 15 is 0 Å². The standard InChI is InChI=1S/C7H8N6OS/c1-4-9-5(3-15-4)2-8-7(14)6-10-12-13-11-6/h3H,2H2,1H3,(H,8,14)(H,10,11,12,13). The largest absolute Gasteiger partial charge is 0.344 e. The van der Waals surface area contributed by atoms with Gasteiger partial charge >= 0.3 is 0 Å². The molecule has 78 valence electrons. The quantitative estimate of drug-likeness (QED) is 0.758. The van der Waals surface area contributed by atoms with E-state index in [-0.39, 0.29) is 11.7 Å². The fourth-order valence-electron chi connectivity index (χ4n) is 0.997. The van der Waals surface area contributed by atoms with Crippen LogP contribution >= 0.6 is 11.3 Å². The highest BCUT2D eigenvalue weighted by Crippen LogP contribution is 2.07. The fourth-order valence-corrected chi connectivity index (χ4v) is 1.61. The monoisotopic (exact) mass is 224 g/mol. The van der Waals surface area contributed by atoms with Crippen LogP contribution in [-0.2, 0) is 6.54 Å². The highest BCUT2D eigenvalue weighted by Gasteiger charge is 2.10. The summed E-state index contributed by atoms with van der Waals surface area (Å²) in [5.74, 6) is -0.337. The van der Waals surface area contributed by atoms with Crippen LogP contribution in [0.3, 0.4) is 0 Å². The average Bonchev–Trinajstić information content (AvgIpc) is 2.84. The zero-order chi connectivity index (χ0) is 10.7. The molecule has 0 bridgehead atoms. The van der Waals surface area contributed by atoms with E-state index in [0.29, 0.717) is 6.54 Å². The first-order valence-corrected chi connectivity index (χ1v) is 5.06. The number of aryl methyl sites for hydroxylation is 1. The molecule has 2 N–H and O–H groups in total. The Morgan fingerprint density at radius 1 is 1.67 bits per heavy atom. The maximum Gasteiger partial charge on any atom is 0.293 e. The van der Waals surface area contributed by atoms with Gasteiger partial charge in [0.1, 0.15) is 0 Å². The minimum atomic E-state index is -0.366. The highest BCUT2D eigenvalue weighted by molar-refractivity contribution is 7.09. The number of hydrogen-bond acceptors (Lipinski definition) is 6. The molecule has 0 aliphatic carbocycles. The van der Waals surface area contributed by atoms with Crippen molar-refractivity contribution in [1.29, 1.82) is 0 Å². The molecule has 0 atom stereocenters. The van der Waals surface area contributed by atoms with Gasteiger partial charge in [-0.15, -0.1) is 21.5 Å². The van der Waals surface area contributed by atoms with Gasteiger partial charge in [0.15, 0.2) is 0 Å². The van der Waals surface area contributed by atoms with E-state index in [9.17, 15) is 4.79 Å². The molecule has 0 spiro atoms. The number of H-pyrrole nitrogens is 1. The van der Waals surface area contributed by atoms with Crippen molar-refractivity contribution in [3.63, 3.8) is 0 Å². The van der Waals surface area contributed by atoms with Crippen molar-refractivity contribution < 1.29 is 4.79 Å². The van der Waals surface area contributed by atoms with Gasteiger partial charge in [-0.25, -0.2) is 4.98 Å². The second kappa shape index (κ2) is 4.13. The second-order valence-electron chi connectivity index (χ2n) is 2.78. The first kappa shape index (κ1) is 9.71. The molecule has 0 saturated carbocycles. The highest BCUT2D eigenvalue weighted by atomic mass is 32.1. The molecule has 0 aromatic carbocycles. The SMILES string of the molecule is Cc1nc(CNC(=O)c2nn[nH]n2)cs1. The van der Waals surface area contributed by atoms with Gasteiger partial charge in [-0.05, 0) is 12.1 Å². The summed E-state index contributed by atoms with van der Waals surface area (Å²) in [6.45, 7) is 2.28. The van der Waals surface area contributed by atoms with Crippen molar-refractivity contribution in [1.82, 2.24) is 30.9 Å². The summed E-state index contributed by atoms with van der Waals surface area (Å²) in [4.78, 5) is 15.6. The molecule has 2 aromatic heterocycles. The van der Waals surface area contributed by atoms with E-state index in [1.807, 2.05) is 12.3 Å². The Morgan fingerprint density at radius 3 is 3.13 bits per heavy atom. The number of hydrogen-bond donors (Lipinski definition) is 2. The number of carbonyl (C=O) groups excluding carboxylic acids is 1. The van der Waals surface area contributed by atoms with E-state index in [4.69, 9.17) is 0 Å². The lowest BCUT2D eigenvalue weighted by atomic mass is 10.4. The first-order valence-electron chi connectivity index (χ1n) is 4.18. The number of thiazole rings is 1. The molecule has 0 unspecified atom stereocenters. The lowest BCUT2D eigenvalue weighted by Crippen LogP contribution is -2.24. The predicted molar refractivity (Wildman–Crippen MR) is 52.2 cm³/mol. The maximum atomic E-state index is 11.4. The maximum absolute atomic E-state index is 11.4. The van der Waals surface area contributed by atoms with E-state index in [1.165, 1.54) is 0 Å². The number of carbonyl (C=O) groups is 1. The average molecular weight is 224 g/mol. The van der Waals surface area contributed by atoms with Gasteiger partial charge in [-0.3, -0.25) is 4.79 Å². The molecule has 8 heteroatoms. The molecule has 0 fully saturated rings. The van der Waals surface area contributed by atoms with Crippen molar-refractivity contribution in [2.24, 2.45) is 0 Å². The summed E-state index contributed by atoms with van der Waals surface area (Å²) in [5.41, 5.74) is 0.828. The summed E-state index contributed by atoms with van der Waals surface area (Å²) < 4.78 is 0. The van der Waals surface area contributed by atoms with Crippen LogP contribution in [0.15, 0.2) is 5.38 Å². The summed E-state index contributed by atoms with van der Waals surface area (Å²) >= 11 is 1.54. The Balaban J connectivity index is 1.91. The third-order valence-corrected chi connectivity index (χ3v) is 2.47. The lowest BCUT2D eigenvalue weighted by molar-refractivity contribution is 0.0940. The third-order valence-electron chi connectivity index (χ3n) is 1.65. The molecular weight excluding hydrogens is 216 g/mol. The van der Waals surface area contributed by atoms with Crippen molar-refractivity contribution in [3.8, 4) is 0 Å². The van der Waals surface area contributed by atoms with Crippen molar-refractivity contribution in [3.05, 3.63) is 21.9 Å². The Bertz CT molecular complexity index is 450. The zero-order valence-corrected chi connectivity index (χ0v) is 8.71.